The van der Waals surface area contributed by atoms with E-state index in [0.717, 1.165) is 30.6 Å². The summed E-state index contributed by atoms with van der Waals surface area (Å²) in [4.78, 5) is 28.3. The lowest BCUT2D eigenvalue weighted by atomic mass is 10.1. The predicted molar refractivity (Wildman–Crippen MR) is 102 cm³/mol. The fourth-order valence-corrected chi connectivity index (χ4v) is 3.30. The van der Waals surface area contributed by atoms with Crippen LogP contribution in [0.25, 0.3) is 11.0 Å². The molecule has 0 aliphatic carbocycles. The summed E-state index contributed by atoms with van der Waals surface area (Å²) in [6.07, 6.45) is -0.580. The fraction of sp³-hybridized carbons (Fsp3) is 0.500. The number of methoxy groups -OCH3 is 1. The standard InChI is InChI=1S/C20H26N2O5/c1-14-12-19(23)27-18-5-4-16(13-17(14)18)26-15(2)20(24)22-8-6-21(7-9-22)10-11-25-3/h4-5,12-13,15H,6-11H2,1-3H3. The van der Waals surface area contributed by atoms with Crippen molar-refractivity contribution in [1.29, 1.82) is 0 Å². The van der Waals surface area contributed by atoms with E-state index in [1.807, 2.05) is 11.8 Å². The number of fused-ring (bicyclic) bond motifs is 1. The molecule has 1 aliphatic rings. The Morgan fingerprint density at radius 1 is 1.22 bits per heavy atom. The fourth-order valence-electron chi connectivity index (χ4n) is 3.30. The molecule has 1 amide bonds. The van der Waals surface area contributed by atoms with Crippen LogP contribution < -0.4 is 10.4 Å². The minimum absolute atomic E-state index is 0.0159. The molecule has 1 saturated heterocycles. The largest absolute Gasteiger partial charge is 0.481 e. The highest BCUT2D eigenvalue weighted by Gasteiger charge is 2.26. The van der Waals surface area contributed by atoms with Crippen LogP contribution in [0.15, 0.2) is 33.5 Å². The first-order valence-electron chi connectivity index (χ1n) is 9.19. The Labute approximate surface area is 158 Å². The number of rotatable bonds is 6. The molecular weight excluding hydrogens is 348 g/mol. The Hall–Kier alpha value is -2.38. The summed E-state index contributed by atoms with van der Waals surface area (Å²) in [6.45, 7) is 8.27. The minimum Gasteiger partial charge on any atom is -0.481 e. The molecule has 7 heteroatoms. The highest BCUT2D eigenvalue weighted by molar-refractivity contribution is 5.83. The normalized spacial score (nSPS) is 16.5. The molecular formula is C20H26N2O5. The maximum atomic E-state index is 12.7. The molecule has 0 saturated carbocycles. The molecule has 7 nitrogen and oxygen atoms in total. The molecule has 2 aromatic rings. The van der Waals surface area contributed by atoms with Gasteiger partial charge in [0.1, 0.15) is 11.3 Å². The van der Waals surface area contributed by atoms with Crippen LogP contribution >= 0.6 is 0 Å². The molecule has 1 atom stereocenters. The van der Waals surface area contributed by atoms with Crippen molar-refractivity contribution in [3.05, 3.63) is 40.2 Å². The van der Waals surface area contributed by atoms with Crippen molar-refractivity contribution in [2.75, 3.05) is 46.4 Å². The van der Waals surface area contributed by atoms with Gasteiger partial charge >= 0.3 is 5.63 Å². The second kappa shape index (κ2) is 8.54. The van der Waals surface area contributed by atoms with E-state index in [-0.39, 0.29) is 11.5 Å². The molecule has 1 aromatic carbocycles. The van der Waals surface area contributed by atoms with E-state index in [2.05, 4.69) is 4.90 Å². The quantitative estimate of drug-likeness (QED) is 0.716. The third-order valence-electron chi connectivity index (χ3n) is 4.88. The lowest BCUT2D eigenvalue weighted by Gasteiger charge is -2.35. The van der Waals surface area contributed by atoms with Gasteiger partial charge in [0.05, 0.1) is 6.61 Å². The first kappa shape index (κ1) is 19.4. The van der Waals surface area contributed by atoms with Gasteiger partial charge in [-0.25, -0.2) is 4.79 Å². The van der Waals surface area contributed by atoms with Gasteiger partial charge in [-0.3, -0.25) is 9.69 Å². The van der Waals surface area contributed by atoms with Crippen LogP contribution in [0.5, 0.6) is 5.75 Å². The van der Waals surface area contributed by atoms with E-state index in [1.165, 1.54) is 6.07 Å². The maximum Gasteiger partial charge on any atom is 0.336 e. The van der Waals surface area contributed by atoms with Crippen molar-refractivity contribution in [2.45, 2.75) is 20.0 Å². The van der Waals surface area contributed by atoms with Gasteiger partial charge in [-0.05, 0) is 37.6 Å². The van der Waals surface area contributed by atoms with Gasteiger partial charge in [0.25, 0.3) is 5.91 Å². The number of benzene rings is 1. The zero-order valence-electron chi connectivity index (χ0n) is 16.1. The van der Waals surface area contributed by atoms with Crippen molar-refractivity contribution >= 4 is 16.9 Å². The second-order valence-corrected chi connectivity index (χ2v) is 6.83. The zero-order chi connectivity index (χ0) is 19.4. The summed E-state index contributed by atoms with van der Waals surface area (Å²) in [6, 6.07) is 6.67. The van der Waals surface area contributed by atoms with Crippen molar-refractivity contribution in [1.82, 2.24) is 9.80 Å². The molecule has 0 bridgehead atoms. The summed E-state index contributed by atoms with van der Waals surface area (Å²) in [5.41, 5.74) is 0.957. The second-order valence-electron chi connectivity index (χ2n) is 6.83. The molecule has 0 spiro atoms. The Kier molecular flexibility index (Phi) is 6.13. The first-order chi connectivity index (χ1) is 13.0. The van der Waals surface area contributed by atoms with E-state index in [0.29, 0.717) is 31.0 Å². The summed E-state index contributed by atoms with van der Waals surface area (Å²) in [5, 5.41) is 0.804. The lowest BCUT2D eigenvalue weighted by molar-refractivity contribution is -0.139. The number of amides is 1. The van der Waals surface area contributed by atoms with Crippen LogP contribution in [0.2, 0.25) is 0 Å². The van der Waals surface area contributed by atoms with E-state index < -0.39 is 6.10 Å². The monoisotopic (exact) mass is 374 g/mol. The number of hydrogen-bond acceptors (Lipinski definition) is 6. The van der Waals surface area contributed by atoms with Crippen molar-refractivity contribution in [2.24, 2.45) is 0 Å². The smallest absolute Gasteiger partial charge is 0.336 e. The topological polar surface area (TPSA) is 72.2 Å². The number of hydrogen-bond donors (Lipinski definition) is 0. The number of piperazine rings is 1. The average molecular weight is 374 g/mol. The van der Waals surface area contributed by atoms with Gasteiger partial charge in [-0.15, -0.1) is 0 Å². The SMILES string of the molecule is COCCN1CCN(C(=O)C(C)Oc2ccc3oc(=O)cc(C)c3c2)CC1. The molecule has 1 fully saturated rings. The van der Waals surface area contributed by atoms with Gasteiger partial charge in [0.2, 0.25) is 0 Å². The Morgan fingerprint density at radius 3 is 2.67 bits per heavy atom. The van der Waals surface area contributed by atoms with Gasteiger partial charge in [0.15, 0.2) is 6.10 Å². The molecule has 2 heterocycles. The summed E-state index contributed by atoms with van der Waals surface area (Å²) >= 11 is 0. The van der Waals surface area contributed by atoms with Crippen LogP contribution in [0.1, 0.15) is 12.5 Å². The third-order valence-corrected chi connectivity index (χ3v) is 4.88. The molecule has 1 aromatic heterocycles. The predicted octanol–water partition coefficient (Wildman–Crippen LogP) is 1.66. The van der Waals surface area contributed by atoms with E-state index >= 15 is 0 Å². The van der Waals surface area contributed by atoms with Crippen LogP contribution in [-0.4, -0.2) is 68.3 Å². The number of aryl methyl sites for hydroxylation is 1. The van der Waals surface area contributed by atoms with Crippen LogP contribution in [0.4, 0.5) is 0 Å². The Morgan fingerprint density at radius 2 is 1.96 bits per heavy atom. The van der Waals surface area contributed by atoms with E-state index in [4.69, 9.17) is 13.9 Å². The molecule has 27 heavy (non-hydrogen) atoms. The highest BCUT2D eigenvalue weighted by atomic mass is 16.5. The third kappa shape index (κ3) is 4.67. The average Bonchev–Trinajstić information content (AvgIpc) is 2.66. The number of nitrogens with zero attached hydrogens (tertiary/aromatic N) is 2. The van der Waals surface area contributed by atoms with Gasteiger partial charge in [-0.2, -0.15) is 0 Å². The minimum atomic E-state index is -0.580. The molecule has 1 unspecified atom stereocenters. The van der Waals surface area contributed by atoms with Crippen LogP contribution in [0, 0.1) is 6.92 Å². The Bertz CT molecular complexity index is 855. The first-order valence-corrected chi connectivity index (χ1v) is 9.19. The molecule has 146 valence electrons. The van der Waals surface area contributed by atoms with Crippen LogP contribution in [-0.2, 0) is 9.53 Å². The lowest BCUT2D eigenvalue weighted by Crippen LogP contribution is -2.52. The van der Waals surface area contributed by atoms with E-state index in [9.17, 15) is 9.59 Å². The van der Waals surface area contributed by atoms with Gasteiger partial charge < -0.3 is 18.8 Å². The van der Waals surface area contributed by atoms with Crippen molar-refractivity contribution < 1.29 is 18.7 Å². The summed E-state index contributed by atoms with van der Waals surface area (Å²) in [5.74, 6) is 0.567. The summed E-state index contributed by atoms with van der Waals surface area (Å²) < 4.78 is 16.2. The number of ether oxygens (including phenoxy) is 2. The van der Waals surface area contributed by atoms with Crippen molar-refractivity contribution in [3.63, 3.8) is 0 Å². The maximum absolute atomic E-state index is 12.7. The van der Waals surface area contributed by atoms with Gasteiger partial charge in [-0.1, -0.05) is 0 Å². The summed E-state index contributed by atoms with van der Waals surface area (Å²) in [7, 11) is 1.70. The zero-order valence-corrected chi connectivity index (χ0v) is 16.1. The molecule has 0 N–H and O–H groups in total. The molecule has 1 aliphatic heterocycles. The van der Waals surface area contributed by atoms with Crippen molar-refractivity contribution in [3.8, 4) is 5.75 Å². The Balaban J connectivity index is 1.62. The molecule has 3 rings (SSSR count). The van der Waals surface area contributed by atoms with E-state index in [1.54, 1.807) is 32.2 Å². The van der Waals surface area contributed by atoms with Crippen LogP contribution in [0.3, 0.4) is 0 Å². The number of carbonyl (C=O) groups excluding carboxylic acids is 1. The number of carbonyl (C=O) groups is 1. The molecule has 0 radical (unpaired) electrons. The highest BCUT2D eigenvalue weighted by Crippen LogP contribution is 2.23. The van der Waals surface area contributed by atoms with Gasteiger partial charge in [0, 0.05) is 51.3 Å².